The highest BCUT2D eigenvalue weighted by Gasteiger charge is 2.05. The Balaban J connectivity index is 2.04. The lowest BCUT2D eigenvalue weighted by molar-refractivity contribution is -0.136. The number of aliphatic carboxylic acids is 1. The Labute approximate surface area is 114 Å². The first-order chi connectivity index (χ1) is 9.15. The van der Waals surface area contributed by atoms with Gasteiger partial charge in [-0.15, -0.1) is 0 Å². The van der Waals surface area contributed by atoms with Crippen molar-refractivity contribution in [2.45, 2.75) is 17.1 Å². The van der Waals surface area contributed by atoms with Crippen LogP contribution in [0.2, 0.25) is 0 Å². The molecule has 0 aliphatic heterocycles. The van der Waals surface area contributed by atoms with E-state index >= 15 is 0 Å². The SMILES string of the molecule is O=C(O)Cc1ccc(CS(=O)c2ccccc2)cc1. The lowest BCUT2D eigenvalue weighted by Gasteiger charge is -2.04. The average Bonchev–Trinajstić information content (AvgIpc) is 2.41. The normalized spacial score (nSPS) is 12.0. The van der Waals surface area contributed by atoms with Crippen molar-refractivity contribution in [3.05, 3.63) is 65.7 Å². The minimum Gasteiger partial charge on any atom is -0.481 e. The summed E-state index contributed by atoms with van der Waals surface area (Å²) < 4.78 is 12.1. The van der Waals surface area contributed by atoms with Crippen LogP contribution in [-0.2, 0) is 27.8 Å². The molecule has 0 amide bonds. The van der Waals surface area contributed by atoms with E-state index in [2.05, 4.69) is 0 Å². The number of carboxylic acids is 1. The molecule has 19 heavy (non-hydrogen) atoms. The Kier molecular flexibility index (Phi) is 4.47. The van der Waals surface area contributed by atoms with Gasteiger partial charge in [0.1, 0.15) is 0 Å². The average molecular weight is 274 g/mol. The number of carboxylic acid groups (broad SMARTS) is 1. The summed E-state index contributed by atoms with van der Waals surface area (Å²) in [5, 5.41) is 8.68. The van der Waals surface area contributed by atoms with Gasteiger partial charge in [-0.1, -0.05) is 42.5 Å². The van der Waals surface area contributed by atoms with Crippen molar-refractivity contribution in [2.75, 3.05) is 0 Å². The third-order valence-electron chi connectivity index (χ3n) is 2.68. The second-order valence-corrected chi connectivity index (χ2v) is 5.64. The van der Waals surface area contributed by atoms with Gasteiger partial charge in [-0.2, -0.15) is 0 Å². The van der Waals surface area contributed by atoms with Gasteiger partial charge >= 0.3 is 5.97 Å². The fourth-order valence-electron chi connectivity index (χ4n) is 1.73. The molecule has 1 N–H and O–H groups in total. The van der Waals surface area contributed by atoms with Crippen LogP contribution in [0.5, 0.6) is 0 Å². The first-order valence-electron chi connectivity index (χ1n) is 5.88. The van der Waals surface area contributed by atoms with Crippen LogP contribution >= 0.6 is 0 Å². The molecule has 2 aromatic rings. The van der Waals surface area contributed by atoms with E-state index in [1.54, 1.807) is 12.1 Å². The predicted molar refractivity (Wildman–Crippen MR) is 74.3 cm³/mol. The van der Waals surface area contributed by atoms with Crippen molar-refractivity contribution in [2.24, 2.45) is 0 Å². The van der Waals surface area contributed by atoms with Gasteiger partial charge in [0, 0.05) is 4.90 Å². The maximum absolute atomic E-state index is 12.1. The summed E-state index contributed by atoms with van der Waals surface area (Å²) in [6, 6.07) is 16.5. The van der Waals surface area contributed by atoms with Crippen LogP contribution in [0.1, 0.15) is 11.1 Å². The van der Waals surface area contributed by atoms with Gasteiger partial charge in [0.05, 0.1) is 23.0 Å². The summed E-state index contributed by atoms with van der Waals surface area (Å²) in [7, 11) is -1.07. The van der Waals surface area contributed by atoms with Crippen molar-refractivity contribution in [3.8, 4) is 0 Å². The molecule has 0 aliphatic rings. The fourth-order valence-corrected chi connectivity index (χ4v) is 2.86. The topological polar surface area (TPSA) is 54.4 Å². The molecule has 0 fully saturated rings. The van der Waals surface area contributed by atoms with Gasteiger partial charge < -0.3 is 5.11 Å². The van der Waals surface area contributed by atoms with Crippen molar-refractivity contribution >= 4 is 16.8 Å². The molecule has 0 saturated heterocycles. The summed E-state index contributed by atoms with van der Waals surface area (Å²) in [6.45, 7) is 0. The fraction of sp³-hybridized carbons (Fsp3) is 0.133. The molecule has 1 unspecified atom stereocenters. The minimum absolute atomic E-state index is 0.0159. The molecule has 2 rings (SSSR count). The van der Waals surface area contributed by atoms with Gasteiger partial charge in [-0.05, 0) is 23.3 Å². The van der Waals surface area contributed by atoms with Crippen LogP contribution in [0.3, 0.4) is 0 Å². The monoisotopic (exact) mass is 274 g/mol. The van der Waals surface area contributed by atoms with E-state index in [1.165, 1.54) is 0 Å². The minimum atomic E-state index is -1.07. The van der Waals surface area contributed by atoms with Crippen LogP contribution in [0.4, 0.5) is 0 Å². The lowest BCUT2D eigenvalue weighted by atomic mass is 10.1. The van der Waals surface area contributed by atoms with Gasteiger partial charge in [-0.25, -0.2) is 0 Å². The molecule has 3 nitrogen and oxygen atoms in total. The Morgan fingerprint density at radius 1 is 0.947 bits per heavy atom. The molecule has 2 aromatic carbocycles. The highest BCUT2D eigenvalue weighted by atomic mass is 32.2. The molecule has 0 aliphatic carbocycles. The summed E-state index contributed by atoms with van der Waals surface area (Å²) in [5.74, 6) is -0.405. The van der Waals surface area contributed by atoms with E-state index in [0.717, 1.165) is 16.0 Å². The number of hydrogen-bond acceptors (Lipinski definition) is 2. The largest absolute Gasteiger partial charge is 0.481 e. The third-order valence-corrected chi connectivity index (χ3v) is 4.08. The summed E-state index contributed by atoms with van der Waals surface area (Å²) in [6.07, 6.45) is 0.0159. The summed E-state index contributed by atoms with van der Waals surface area (Å²) in [4.78, 5) is 11.4. The predicted octanol–water partition coefficient (Wildman–Crippen LogP) is 2.62. The second-order valence-electron chi connectivity index (χ2n) is 4.19. The quantitative estimate of drug-likeness (QED) is 0.912. The lowest BCUT2D eigenvalue weighted by Crippen LogP contribution is -2.00. The van der Waals surface area contributed by atoms with E-state index < -0.39 is 16.8 Å². The smallest absolute Gasteiger partial charge is 0.307 e. The van der Waals surface area contributed by atoms with Crippen LogP contribution in [-0.4, -0.2) is 15.3 Å². The molecule has 0 aromatic heterocycles. The zero-order valence-corrected chi connectivity index (χ0v) is 11.1. The van der Waals surface area contributed by atoms with Crippen LogP contribution in [0.15, 0.2) is 59.5 Å². The standard InChI is InChI=1S/C15H14O3S/c16-15(17)10-12-6-8-13(9-7-12)11-19(18)14-4-2-1-3-5-14/h1-9H,10-11H2,(H,16,17). The van der Waals surface area contributed by atoms with Gasteiger partial charge in [-0.3, -0.25) is 9.00 Å². The Morgan fingerprint density at radius 2 is 1.53 bits per heavy atom. The summed E-state index contributed by atoms with van der Waals surface area (Å²) in [5.41, 5.74) is 1.69. The molecule has 4 heteroatoms. The van der Waals surface area contributed by atoms with Crippen LogP contribution in [0, 0.1) is 0 Å². The molecule has 0 heterocycles. The van der Waals surface area contributed by atoms with Gasteiger partial charge in [0.2, 0.25) is 0 Å². The van der Waals surface area contributed by atoms with Crippen molar-refractivity contribution < 1.29 is 14.1 Å². The Morgan fingerprint density at radius 3 is 2.11 bits per heavy atom. The molecule has 0 bridgehead atoms. The molecular formula is C15H14O3S. The molecule has 0 saturated carbocycles. The molecule has 1 atom stereocenters. The van der Waals surface area contributed by atoms with E-state index in [-0.39, 0.29) is 6.42 Å². The van der Waals surface area contributed by atoms with E-state index in [0.29, 0.717) is 5.75 Å². The third kappa shape index (κ3) is 4.03. The van der Waals surface area contributed by atoms with Crippen molar-refractivity contribution in [3.63, 3.8) is 0 Å². The maximum Gasteiger partial charge on any atom is 0.307 e. The van der Waals surface area contributed by atoms with Gasteiger partial charge in [0.15, 0.2) is 0 Å². The van der Waals surface area contributed by atoms with Crippen LogP contribution < -0.4 is 0 Å². The maximum atomic E-state index is 12.1. The van der Waals surface area contributed by atoms with Crippen molar-refractivity contribution in [1.29, 1.82) is 0 Å². The van der Waals surface area contributed by atoms with Gasteiger partial charge in [0.25, 0.3) is 0 Å². The first kappa shape index (κ1) is 13.5. The Hall–Kier alpha value is -1.94. The Bertz CT molecular complexity index is 576. The molecule has 0 spiro atoms. The number of carbonyl (C=O) groups is 1. The van der Waals surface area contributed by atoms with E-state index in [9.17, 15) is 9.00 Å². The molecule has 98 valence electrons. The highest BCUT2D eigenvalue weighted by molar-refractivity contribution is 7.84. The number of hydrogen-bond donors (Lipinski definition) is 1. The number of rotatable bonds is 5. The first-order valence-corrected chi connectivity index (χ1v) is 7.20. The highest BCUT2D eigenvalue weighted by Crippen LogP contribution is 2.13. The zero-order chi connectivity index (χ0) is 13.7. The summed E-state index contributed by atoms with van der Waals surface area (Å²) >= 11 is 0. The second kappa shape index (κ2) is 6.29. The number of benzene rings is 2. The van der Waals surface area contributed by atoms with E-state index in [4.69, 9.17) is 5.11 Å². The van der Waals surface area contributed by atoms with E-state index in [1.807, 2.05) is 42.5 Å². The zero-order valence-electron chi connectivity index (χ0n) is 10.3. The molecular weight excluding hydrogens is 260 g/mol. The molecule has 0 radical (unpaired) electrons. The van der Waals surface area contributed by atoms with Crippen molar-refractivity contribution in [1.82, 2.24) is 0 Å². The van der Waals surface area contributed by atoms with Crippen LogP contribution in [0.25, 0.3) is 0 Å².